The predicted octanol–water partition coefficient (Wildman–Crippen LogP) is 3.61. The Morgan fingerprint density at radius 1 is 1.14 bits per heavy atom. The Balaban J connectivity index is 1.12. The van der Waals surface area contributed by atoms with E-state index in [9.17, 15) is 4.79 Å². The first kappa shape index (κ1) is 21.3. The van der Waals surface area contributed by atoms with Crippen molar-refractivity contribution in [1.29, 1.82) is 0 Å². The van der Waals surface area contributed by atoms with Gasteiger partial charge in [0, 0.05) is 23.9 Å². The normalized spacial score (nSPS) is 24.0. The maximum absolute atomic E-state index is 12.3. The fraction of sp³-hybridized carbons (Fsp3) is 0.826. The van der Waals surface area contributed by atoms with Gasteiger partial charge >= 0.3 is 0 Å². The molecule has 3 heterocycles. The highest BCUT2D eigenvalue weighted by Gasteiger charge is 2.24. The fourth-order valence-corrected chi connectivity index (χ4v) is 6.49. The van der Waals surface area contributed by atoms with E-state index in [0.29, 0.717) is 18.4 Å². The van der Waals surface area contributed by atoms with Crippen molar-refractivity contribution in [1.82, 2.24) is 20.1 Å². The molecule has 0 spiro atoms. The second-order valence-corrected chi connectivity index (χ2v) is 10.3. The van der Waals surface area contributed by atoms with Gasteiger partial charge < -0.3 is 5.32 Å². The lowest BCUT2D eigenvalue weighted by Crippen LogP contribution is -2.40. The highest BCUT2D eigenvalue weighted by Crippen LogP contribution is 2.29. The minimum atomic E-state index is 0.253. The topological polar surface area (TPSA) is 48.5 Å². The Labute approximate surface area is 180 Å². The highest BCUT2D eigenvalue weighted by atomic mass is 32.1. The molecule has 1 N–H and O–H groups in total. The first-order valence-corrected chi connectivity index (χ1v) is 12.7. The van der Waals surface area contributed by atoms with Crippen LogP contribution in [0.1, 0.15) is 73.9 Å². The molecule has 0 bridgehead atoms. The van der Waals surface area contributed by atoms with Crippen LogP contribution < -0.4 is 5.32 Å². The maximum Gasteiger partial charge on any atom is 0.220 e. The van der Waals surface area contributed by atoms with Gasteiger partial charge in [-0.25, -0.2) is 4.98 Å². The van der Waals surface area contributed by atoms with Crippen LogP contribution >= 0.6 is 11.3 Å². The van der Waals surface area contributed by atoms with Gasteiger partial charge in [0.15, 0.2) is 0 Å². The summed E-state index contributed by atoms with van der Waals surface area (Å²) < 4.78 is 0. The van der Waals surface area contributed by atoms with Crippen molar-refractivity contribution < 1.29 is 4.79 Å². The zero-order chi connectivity index (χ0) is 20.1. The van der Waals surface area contributed by atoms with Gasteiger partial charge in [-0.1, -0.05) is 6.92 Å². The van der Waals surface area contributed by atoms with Gasteiger partial charge in [-0.05, 0) is 89.9 Å². The summed E-state index contributed by atoms with van der Waals surface area (Å²) in [6, 6.07) is 0.559. The molecule has 1 atom stereocenters. The summed E-state index contributed by atoms with van der Waals surface area (Å²) >= 11 is 1.95. The third-order valence-electron chi connectivity index (χ3n) is 7.18. The Morgan fingerprint density at radius 2 is 1.97 bits per heavy atom. The highest BCUT2D eigenvalue weighted by molar-refractivity contribution is 7.11. The van der Waals surface area contributed by atoms with Crippen molar-refractivity contribution in [3.05, 3.63) is 15.6 Å². The Bertz CT molecular complexity index is 644. The molecule has 1 amide bonds. The van der Waals surface area contributed by atoms with E-state index in [4.69, 9.17) is 4.98 Å². The third kappa shape index (κ3) is 5.80. The number of nitrogens with zero attached hydrogens (tertiary/aromatic N) is 3. The second kappa shape index (κ2) is 10.4. The van der Waals surface area contributed by atoms with Gasteiger partial charge in [-0.3, -0.25) is 14.6 Å². The molecule has 2 aliphatic heterocycles. The van der Waals surface area contributed by atoms with Gasteiger partial charge in [0.05, 0.1) is 12.2 Å². The molecule has 0 radical (unpaired) electrons. The molecule has 0 unspecified atom stereocenters. The summed E-state index contributed by atoms with van der Waals surface area (Å²) in [7, 11) is 0. The maximum atomic E-state index is 12.3. The van der Waals surface area contributed by atoms with Gasteiger partial charge in [0.1, 0.15) is 5.01 Å². The number of aryl methyl sites for hydroxylation is 2. The molecule has 2 saturated heterocycles. The standard InChI is InChI=1S/C23H38N4OS/c1-2-27-13-5-6-19(27)16-24-22(28)10-9-18-11-14-26(15-12-18)17-23-25-20-7-3-4-8-21(20)29-23/h18-19H,2-17H2,1H3,(H,24,28)/t19-/m0/s1. The van der Waals surface area contributed by atoms with E-state index in [1.165, 1.54) is 68.6 Å². The number of amides is 1. The van der Waals surface area contributed by atoms with Crippen LogP contribution in [0.15, 0.2) is 0 Å². The van der Waals surface area contributed by atoms with E-state index >= 15 is 0 Å². The molecule has 6 heteroatoms. The van der Waals surface area contributed by atoms with E-state index in [1.54, 1.807) is 4.88 Å². The molecule has 0 aromatic carbocycles. The summed E-state index contributed by atoms with van der Waals surface area (Å²) in [5.41, 5.74) is 1.39. The smallest absolute Gasteiger partial charge is 0.220 e. The molecular formula is C23H38N4OS. The number of likely N-dealkylation sites (tertiary alicyclic amines) is 2. The van der Waals surface area contributed by atoms with Crippen LogP contribution in [0.5, 0.6) is 0 Å². The van der Waals surface area contributed by atoms with E-state index in [-0.39, 0.29) is 5.91 Å². The molecule has 2 fully saturated rings. The lowest BCUT2D eigenvalue weighted by atomic mass is 9.92. The van der Waals surface area contributed by atoms with Crippen LogP contribution in [-0.2, 0) is 24.2 Å². The predicted molar refractivity (Wildman–Crippen MR) is 119 cm³/mol. The molecule has 3 aliphatic rings. The summed E-state index contributed by atoms with van der Waals surface area (Å²) in [4.78, 5) is 23.8. The van der Waals surface area contributed by atoms with Gasteiger partial charge in [0.25, 0.3) is 0 Å². The Morgan fingerprint density at radius 3 is 2.76 bits per heavy atom. The van der Waals surface area contributed by atoms with Crippen LogP contribution in [0.2, 0.25) is 0 Å². The summed E-state index contributed by atoms with van der Waals surface area (Å²) in [5, 5.41) is 4.52. The first-order valence-electron chi connectivity index (χ1n) is 11.9. The van der Waals surface area contributed by atoms with Crippen molar-refractivity contribution in [2.24, 2.45) is 5.92 Å². The molecular weight excluding hydrogens is 380 g/mol. The SMILES string of the molecule is CCN1CCC[C@H]1CNC(=O)CCC1CCN(Cc2nc3c(s2)CCCC3)CC1. The molecule has 29 heavy (non-hydrogen) atoms. The van der Waals surface area contributed by atoms with Crippen molar-refractivity contribution in [2.75, 3.05) is 32.7 Å². The zero-order valence-electron chi connectivity index (χ0n) is 18.1. The molecule has 0 saturated carbocycles. The van der Waals surface area contributed by atoms with Gasteiger partial charge in [0.2, 0.25) is 5.91 Å². The number of carbonyl (C=O) groups excluding carboxylic acids is 1. The van der Waals surface area contributed by atoms with E-state index in [0.717, 1.165) is 39.1 Å². The quantitative estimate of drug-likeness (QED) is 0.701. The summed E-state index contributed by atoms with van der Waals surface area (Å²) in [6.07, 6.45) is 11.8. The summed E-state index contributed by atoms with van der Waals surface area (Å²) in [6.45, 7) is 8.69. The average Bonchev–Trinajstić information content (AvgIpc) is 3.37. The van der Waals surface area contributed by atoms with Crippen LogP contribution in [0.3, 0.4) is 0 Å². The van der Waals surface area contributed by atoms with Crippen molar-refractivity contribution in [2.45, 2.75) is 83.7 Å². The van der Waals surface area contributed by atoms with Crippen LogP contribution in [0, 0.1) is 5.92 Å². The minimum Gasteiger partial charge on any atom is -0.355 e. The number of nitrogens with one attached hydrogen (secondary N) is 1. The number of hydrogen-bond acceptors (Lipinski definition) is 5. The van der Waals surface area contributed by atoms with Gasteiger partial charge in [-0.15, -0.1) is 11.3 Å². The largest absolute Gasteiger partial charge is 0.355 e. The van der Waals surface area contributed by atoms with Crippen molar-refractivity contribution in [3.63, 3.8) is 0 Å². The molecule has 1 aliphatic carbocycles. The molecule has 1 aromatic heterocycles. The van der Waals surface area contributed by atoms with Crippen LogP contribution in [0.4, 0.5) is 0 Å². The number of fused-ring (bicyclic) bond motifs is 1. The number of hydrogen-bond donors (Lipinski definition) is 1. The van der Waals surface area contributed by atoms with E-state index in [1.807, 2.05) is 11.3 Å². The Hall–Kier alpha value is -0.980. The second-order valence-electron chi connectivity index (χ2n) is 9.17. The number of likely N-dealkylation sites (N-methyl/N-ethyl adjacent to an activating group) is 1. The van der Waals surface area contributed by atoms with Gasteiger partial charge in [-0.2, -0.15) is 0 Å². The number of piperidine rings is 1. The number of rotatable bonds is 8. The van der Waals surface area contributed by atoms with E-state index < -0.39 is 0 Å². The summed E-state index contributed by atoms with van der Waals surface area (Å²) in [5.74, 6) is 0.962. The third-order valence-corrected chi connectivity index (χ3v) is 8.32. The van der Waals surface area contributed by atoms with Crippen molar-refractivity contribution >= 4 is 17.2 Å². The van der Waals surface area contributed by atoms with Crippen molar-refractivity contribution in [3.8, 4) is 0 Å². The Kier molecular flexibility index (Phi) is 7.60. The first-order chi connectivity index (χ1) is 14.2. The number of aromatic nitrogens is 1. The van der Waals surface area contributed by atoms with Crippen LogP contribution in [0.25, 0.3) is 0 Å². The minimum absolute atomic E-state index is 0.253. The van der Waals surface area contributed by atoms with E-state index in [2.05, 4.69) is 22.0 Å². The average molecular weight is 419 g/mol. The molecule has 4 rings (SSSR count). The van der Waals surface area contributed by atoms with Crippen LogP contribution in [-0.4, -0.2) is 59.5 Å². The lowest BCUT2D eigenvalue weighted by molar-refractivity contribution is -0.121. The molecule has 162 valence electrons. The fourth-order valence-electron chi connectivity index (χ4n) is 5.30. The molecule has 5 nitrogen and oxygen atoms in total. The zero-order valence-corrected chi connectivity index (χ0v) is 18.9. The lowest BCUT2D eigenvalue weighted by Gasteiger charge is -2.31. The number of thiazole rings is 1. The monoisotopic (exact) mass is 418 g/mol. The molecule has 1 aromatic rings. The number of carbonyl (C=O) groups is 1.